The SMILES string of the molecule is CCN(C(=O)COC(=O)c1ccccc1-c1ncc(-c2ccc(C)cc2)o1)C1=CCCC1. The molecule has 0 saturated carbocycles. The van der Waals surface area contributed by atoms with Crippen molar-refractivity contribution in [2.75, 3.05) is 13.2 Å². The molecule has 6 nitrogen and oxygen atoms in total. The number of aryl methyl sites for hydroxylation is 1. The van der Waals surface area contributed by atoms with E-state index in [-0.39, 0.29) is 12.5 Å². The van der Waals surface area contributed by atoms with Crippen LogP contribution < -0.4 is 0 Å². The minimum atomic E-state index is -0.583. The summed E-state index contributed by atoms with van der Waals surface area (Å²) in [6.07, 6.45) is 6.62. The van der Waals surface area contributed by atoms with E-state index in [2.05, 4.69) is 11.1 Å². The number of esters is 1. The number of allylic oxidation sites excluding steroid dienone is 2. The molecule has 32 heavy (non-hydrogen) atoms. The van der Waals surface area contributed by atoms with Crippen LogP contribution in [0.5, 0.6) is 0 Å². The second-order valence-electron chi connectivity index (χ2n) is 7.74. The van der Waals surface area contributed by atoms with Gasteiger partial charge in [0.2, 0.25) is 5.89 Å². The fourth-order valence-electron chi connectivity index (χ4n) is 3.82. The number of rotatable bonds is 7. The summed E-state index contributed by atoms with van der Waals surface area (Å²) < 4.78 is 11.3. The predicted molar refractivity (Wildman–Crippen MR) is 122 cm³/mol. The van der Waals surface area contributed by atoms with Crippen LogP contribution in [0.3, 0.4) is 0 Å². The normalized spacial score (nSPS) is 13.0. The Morgan fingerprint density at radius 1 is 1.12 bits per heavy atom. The molecule has 1 heterocycles. The highest BCUT2D eigenvalue weighted by atomic mass is 16.5. The molecule has 0 spiro atoms. The van der Waals surface area contributed by atoms with Crippen molar-refractivity contribution in [3.8, 4) is 22.8 Å². The third-order valence-corrected chi connectivity index (χ3v) is 5.53. The number of benzene rings is 2. The number of hydrogen-bond acceptors (Lipinski definition) is 5. The summed E-state index contributed by atoms with van der Waals surface area (Å²) in [5, 5.41) is 0. The molecule has 0 fully saturated rings. The van der Waals surface area contributed by atoms with Gasteiger partial charge in [0.05, 0.1) is 17.3 Å². The Labute approximate surface area is 187 Å². The van der Waals surface area contributed by atoms with Crippen molar-refractivity contribution in [2.45, 2.75) is 33.1 Å². The second kappa shape index (κ2) is 9.64. The zero-order valence-corrected chi connectivity index (χ0v) is 18.3. The molecule has 164 valence electrons. The molecule has 0 atom stereocenters. The molecule has 0 bridgehead atoms. The van der Waals surface area contributed by atoms with Gasteiger partial charge in [0.15, 0.2) is 12.4 Å². The molecule has 1 amide bonds. The van der Waals surface area contributed by atoms with Crippen molar-refractivity contribution < 1.29 is 18.7 Å². The third kappa shape index (κ3) is 4.64. The Balaban J connectivity index is 1.49. The maximum atomic E-state index is 12.8. The number of aromatic nitrogens is 1. The van der Waals surface area contributed by atoms with Gasteiger partial charge >= 0.3 is 5.97 Å². The number of likely N-dealkylation sites (N-methyl/N-ethyl adjacent to an activating group) is 1. The molecule has 0 unspecified atom stereocenters. The van der Waals surface area contributed by atoms with Gasteiger partial charge in [-0.15, -0.1) is 0 Å². The first-order valence-electron chi connectivity index (χ1n) is 10.9. The number of ether oxygens (including phenoxy) is 1. The van der Waals surface area contributed by atoms with Gasteiger partial charge in [-0.3, -0.25) is 4.79 Å². The van der Waals surface area contributed by atoms with E-state index in [1.165, 1.54) is 0 Å². The van der Waals surface area contributed by atoms with E-state index >= 15 is 0 Å². The Morgan fingerprint density at radius 3 is 2.62 bits per heavy atom. The maximum Gasteiger partial charge on any atom is 0.339 e. The number of amides is 1. The quantitative estimate of drug-likeness (QED) is 0.470. The van der Waals surface area contributed by atoms with Crippen LogP contribution in [0.2, 0.25) is 0 Å². The molecule has 3 aromatic rings. The second-order valence-corrected chi connectivity index (χ2v) is 7.74. The highest BCUT2D eigenvalue weighted by molar-refractivity contribution is 5.97. The average Bonchev–Trinajstić information content (AvgIpc) is 3.51. The van der Waals surface area contributed by atoms with E-state index in [1.54, 1.807) is 35.4 Å². The zero-order valence-electron chi connectivity index (χ0n) is 18.3. The van der Waals surface area contributed by atoms with Crippen molar-refractivity contribution >= 4 is 11.9 Å². The van der Waals surface area contributed by atoms with Gasteiger partial charge in [-0.2, -0.15) is 0 Å². The van der Waals surface area contributed by atoms with Crippen LogP contribution in [0, 0.1) is 6.92 Å². The Morgan fingerprint density at radius 2 is 1.91 bits per heavy atom. The van der Waals surface area contributed by atoms with E-state index < -0.39 is 5.97 Å². The number of carbonyl (C=O) groups excluding carboxylic acids is 2. The molecule has 0 saturated heterocycles. The Kier molecular flexibility index (Phi) is 6.50. The summed E-state index contributed by atoms with van der Waals surface area (Å²) in [5.74, 6) is 0.136. The van der Waals surface area contributed by atoms with Crippen LogP contribution in [0.4, 0.5) is 0 Å². The fraction of sp³-hybridized carbons (Fsp3) is 0.269. The summed E-state index contributed by atoms with van der Waals surface area (Å²) in [7, 11) is 0. The van der Waals surface area contributed by atoms with Crippen LogP contribution >= 0.6 is 0 Å². The number of nitrogens with zero attached hydrogens (tertiary/aromatic N) is 2. The first-order valence-corrected chi connectivity index (χ1v) is 10.9. The lowest BCUT2D eigenvalue weighted by Gasteiger charge is -2.22. The number of oxazole rings is 1. The van der Waals surface area contributed by atoms with Crippen LogP contribution in [0.15, 0.2) is 70.9 Å². The molecular weight excluding hydrogens is 404 g/mol. The first-order chi connectivity index (χ1) is 15.6. The molecule has 1 aromatic heterocycles. The number of hydrogen-bond donors (Lipinski definition) is 0. The summed E-state index contributed by atoms with van der Waals surface area (Å²) >= 11 is 0. The molecule has 1 aliphatic rings. The fourth-order valence-corrected chi connectivity index (χ4v) is 3.82. The third-order valence-electron chi connectivity index (χ3n) is 5.53. The topological polar surface area (TPSA) is 72.6 Å². The minimum Gasteiger partial charge on any atom is -0.452 e. The molecule has 0 radical (unpaired) electrons. The van der Waals surface area contributed by atoms with Gasteiger partial charge < -0.3 is 14.1 Å². The van der Waals surface area contributed by atoms with Crippen LogP contribution in [-0.4, -0.2) is 34.9 Å². The van der Waals surface area contributed by atoms with Crippen molar-refractivity contribution in [2.24, 2.45) is 0 Å². The molecule has 0 N–H and O–H groups in total. The number of carbonyl (C=O) groups is 2. The molecule has 2 aromatic carbocycles. The van der Waals surface area contributed by atoms with E-state index in [4.69, 9.17) is 9.15 Å². The highest BCUT2D eigenvalue weighted by Crippen LogP contribution is 2.29. The minimum absolute atomic E-state index is 0.218. The standard InChI is InChI=1S/C26H26N2O4/c1-3-28(20-8-4-5-9-20)24(29)17-31-26(30)22-11-7-6-10-21(22)25-27-16-23(32-25)19-14-12-18(2)13-15-19/h6-8,10-16H,3-5,9,17H2,1-2H3. The highest BCUT2D eigenvalue weighted by Gasteiger charge is 2.22. The van der Waals surface area contributed by atoms with Gasteiger partial charge in [-0.25, -0.2) is 9.78 Å². The molecule has 0 aliphatic heterocycles. The molecule has 4 rings (SSSR count). The molecule has 6 heteroatoms. The van der Waals surface area contributed by atoms with E-state index in [0.717, 1.165) is 36.1 Å². The summed E-state index contributed by atoms with van der Waals surface area (Å²) in [6.45, 7) is 4.19. The van der Waals surface area contributed by atoms with Gasteiger partial charge in [-0.05, 0) is 45.2 Å². The van der Waals surface area contributed by atoms with Gasteiger partial charge in [0.25, 0.3) is 5.91 Å². The predicted octanol–water partition coefficient (Wildman–Crippen LogP) is 5.39. The van der Waals surface area contributed by atoms with E-state index in [0.29, 0.717) is 29.3 Å². The van der Waals surface area contributed by atoms with Crippen molar-refractivity contribution in [1.29, 1.82) is 0 Å². The zero-order chi connectivity index (χ0) is 22.5. The van der Waals surface area contributed by atoms with Crippen LogP contribution in [0.25, 0.3) is 22.8 Å². The van der Waals surface area contributed by atoms with Gasteiger partial charge in [-0.1, -0.05) is 48.0 Å². The van der Waals surface area contributed by atoms with E-state index in [1.807, 2.05) is 38.1 Å². The maximum absolute atomic E-state index is 12.8. The summed E-state index contributed by atoms with van der Waals surface area (Å²) in [4.78, 5) is 31.5. The van der Waals surface area contributed by atoms with Crippen molar-refractivity contribution in [3.63, 3.8) is 0 Å². The largest absolute Gasteiger partial charge is 0.452 e. The van der Waals surface area contributed by atoms with E-state index in [9.17, 15) is 9.59 Å². The molecular formula is C26H26N2O4. The lowest BCUT2D eigenvalue weighted by Crippen LogP contribution is -2.33. The van der Waals surface area contributed by atoms with Crippen molar-refractivity contribution in [1.82, 2.24) is 9.88 Å². The van der Waals surface area contributed by atoms with Crippen LogP contribution in [0.1, 0.15) is 42.1 Å². The Hall–Kier alpha value is -3.67. The lowest BCUT2D eigenvalue weighted by molar-refractivity contribution is -0.132. The monoisotopic (exact) mass is 430 g/mol. The lowest BCUT2D eigenvalue weighted by atomic mass is 10.1. The van der Waals surface area contributed by atoms with Crippen molar-refractivity contribution in [3.05, 3.63) is 77.6 Å². The molecule has 1 aliphatic carbocycles. The summed E-state index contributed by atoms with van der Waals surface area (Å²) in [6, 6.07) is 14.9. The average molecular weight is 431 g/mol. The first kappa shape index (κ1) is 21.6. The van der Waals surface area contributed by atoms with Crippen LogP contribution in [-0.2, 0) is 9.53 Å². The Bertz CT molecular complexity index is 1140. The summed E-state index contributed by atoms with van der Waals surface area (Å²) in [5.41, 5.74) is 3.90. The van der Waals surface area contributed by atoms with Gasteiger partial charge in [0, 0.05) is 17.8 Å². The smallest absolute Gasteiger partial charge is 0.339 e. The van der Waals surface area contributed by atoms with Gasteiger partial charge in [0.1, 0.15) is 0 Å².